The van der Waals surface area contributed by atoms with Crippen LogP contribution in [-0.4, -0.2) is 23.1 Å². The average molecular weight is 301 g/mol. The van der Waals surface area contributed by atoms with Crippen molar-refractivity contribution >= 4 is 28.5 Å². The van der Waals surface area contributed by atoms with Crippen LogP contribution in [0.5, 0.6) is 0 Å². The van der Waals surface area contributed by atoms with Crippen molar-refractivity contribution in [2.45, 2.75) is 13.3 Å². The van der Waals surface area contributed by atoms with Gasteiger partial charge in [-0.05, 0) is 29.0 Å². The Morgan fingerprint density at radius 2 is 2.14 bits per heavy atom. The maximum absolute atomic E-state index is 5.28. The first-order chi connectivity index (χ1) is 6.77. The van der Waals surface area contributed by atoms with Crippen LogP contribution in [0.1, 0.15) is 13.3 Å². The summed E-state index contributed by atoms with van der Waals surface area (Å²) in [4.78, 5) is 10.5. The fraction of sp³-hybridized carbons (Fsp3) is 0.400. The second kappa shape index (κ2) is 5.81. The summed E-state index contributed by atoms with van der Waals surface area (Å²) in [5.74, 6) is 3.32. The van der Waals surface area contributed by atoms with Crippen LogP contribution in [0.2, 0.25) is 0 Å². The van der Waals surface area contributed by atoms with Crippen LogP contribution in [0.4, 0.5) is 5.95 Å². The minimum atomic E-state index is 0.564. The van der Waals surface area contributed by atoms with Crippen LogP contribution >= 0.6 is 22.6 Å². The molecular weight excluding hydrogens is 289 g/mol. The zero-order valence-corrected chi connectivity index (χ0v) is 10.2. The highest BCUT2D eigenvalue weighted by Crippen LogP contribution is 2.08. The summed E-state index contributed by atoms with van der Waals surface area (Å²) in [5.41, 5.74) is 0. The molecule has 0 spiro atoms. The van der Waals surface area contributed by atoms with Gasteiger partial charge < -0.3 is 4.90 Å². The van der Waals surface area contributed by atoms with Crippen LogP contribution in [-0.2, 0) is 0 Å². The van der Waals surface area contributed by atoms with Gasteiger partial charge >= 0.3 is 0 Å². The molecule has 0 atom stereocenters. The lowest BCUT2D eigenvalue weighted by atomic mass is 10.4. The first-order valence-electron chi connectivity index (χ1n) is 4.44. The number of hydrogen-bond donors (Lipinski definition) is 0. The van der Waals surface area contributed by atoms with E-state index in [0.29, 0.717) is 12.5 Å². The van der Waals surface area contributed by atoms with Crippen molar-refractivity contribution in [2.24, 2.45) is 0 Å². The fourth-order valence-corrected chi connectivity index (χ4v) is 1.38. The molecule has 1 rings (SSSR count). The van der Waals surface area contributed by atoms with Gasteiger partial charge in [0.1, 0.15) is 0 Å². The van der Waals surface area contributed by atoms with Crippen LogP contribution in [0.3, 0.4) is 0 Å². The predicted octanol–water partition coefficient (Wildman–Crippen LogP) is 1.93. The van der Waals surface area contributed by atoms with Gasteiger partial charge in [-0.15, -0.1) is 6.42 Å². The number of nitrogens with zero attached hydrogens (tertiary/aromatic N) is 3. The van der Waals surface area contributed by atoms with Gasteiger partial charge in [-0.1, -0.05) is 12.8 Å². The Morgan fingerprint density at radius 1 is 1.50 bits per heavy atom. The van der Waals surface area contributed by atoms with Crippen LogP contribution < -0.4 is 4.90 Å². The minimum absolute atomic E-state index is 0.564. The van der Waals surface area contributed by atoms with Gasteiger partial charge in [-0.3, -0.25) is 0 Å². The first kappa shape index (κ1) is 11.2. The van der Waals surface area contributed by atoms with E-state index in [-0.39, 0.29) is 0 Å². The van der Waals surface area contributed by atoms with E-state index in [9.17, 15) is 0 Å². The largest absolute Gasteiger partial charge is 0.330 e. The number of anilines is 1. The van der Waals surface area contributed by atoms with Gasteiger partial charge in [-0.25, -0.2) is 9.97 Å². The molecule has 0 radical (unpaired) electrons. The Kier molecular flexibility index (Phi) is 4.66. The lowest BCUT2D eigenvalue weighted by Gasteiger charge is -2.18. The summed E-state index contributed by atoms with van der Waals surface area (Å²) in [6, 6.07) is 0. The highest BCUT2D eigenvalue weighted by molar-refractivity contribution is 14.1. The summed E-state index contributed by atoms with van der Waals surface area (Å²) in [6.45, 7) is 3.56. The van der Waals surface area contributed by atoms with E-state index in [1.54, 1.807) is 12.4 Å². The van der Waals surface area contributed by atoms with Crippen LogP contribution in [0, 0.1) is 15.9 Å². The van der Waals surface area contributed by atoms with Crippen molar-refractivity contribution in [1.29, 1.82) is 0 Å². The van der Waals surface area contributed by atoms with E-state index in [0.717, 1.165) is 16.5 Å². The summed E-state index contributed by atoms with van der Waals surface area (Å²) in [7, 11) is 0. The van der Waals surface area contributed by atoms with Crippen molar-refractivity contribution < 1.29 is 0 Å². The number of aromatic nitrogens is 2. The third kappa shape index (κ3) is 3.14. The number of halogens is 1. The quantitative estimate of drug-likeness (QED) is 0.628. The number of terminal acetylenes is 1. The Labute approximate surface area is 98.1 Å². The predicted molar refractivity (Wildman–Crippen MR) is 66.1 cm³/mol. The summed E-state index contributed by atoms with van der Waals surface area (Å²) in [5, 5.41) is 0. The van der Waals surface area contributed by atoms with Crippen molar-refractivity contribution in [1.82, 2.24) is 9.97 Å². The van der Waals surface area contributed by atoms with Gasteiger partial charge in [0.05, 0.1) is 6.54 Å². The molecule has 0 aliphatic rings. The average Bonchev–Trinajstić information content (AvgIpc) is 2.19. The highest BCUT2D eigenvalue weighted by atomic mass is 127. The zero-order chi connectivity index (χ0) is 10.4. The van der Waals surface area contributed by atoms with E-state index >= 15 is 0 Å². The Bertz CT molecular complexity index is 315. The molecule has 4 heteroatoms. The first-order valence-corrected chi connectivity index (χ1v) is 5.51. The van der Waals surface area contributed by atoms with E-state index in [1.807, 2.05) is 4.90 Å². The standard InChI is InChI=1S/C10H12IN3/c1-3-5-14(6-4-2)10-12-7-9(11)8-13-10/h1,7-8H,4-6H2,2H3. The molecular formula is C10H12IN3. The van der Waals surface area contributed by atoms with Crippen LogP contribution in [0.25, 0.3) is 0 Å². The molecule has 0 aliphatic carbocycles. The second-order valence-corrected chi connectivity index (χ2v) is 4.07. The molecule has 0 saturated carbocycles. The van der Waals surface area contributed by atoms with Gasteiger partial charge in [-0.2, -0.15) is 0 Å². The second-order valence-electron chi connectivity index (χ2n) is 2.83. The van der Waals surface area contributed by atoms with E-state index in [4.69, 9.17) is 6.42 Å². The smallest absolute Gasteiger partial charge is 0.226 e. The monoisotopic (exact) mass is 301 g/mol. The van der Waals surface area contributed by atoms with Crippen LogP contribution in [0.15, 0.2) is 12.4 Å². The van der Waals surface area contributed by atoms with Gasteiger partial charge in [0.25, 0.3) is 0 Å². The molecule has 0 unspecified atom stereocenters. The molecule has 0 amide bonds. The third-order valence-electron chi connectivity index (χ3n) is 1.67. The van der Waals surface area contributed by atoms with Crippen molar-refractivity contribution in [3.63, 3.8) is 0 Å². The molecule has 0 saturated heterocycles. The van der Waals surface area contributed by atoms with Gasteiger partial charge in [0, 0.05) is 22.5 Å². The Morgan fingerprint density at radius 3 is 2.64 bits per heavy atom. The maximum atomic E-state index is 5.28. The molecule has 1 heterocycles. The molecule has 1 aromatic rings. The SMILES string of the molecule is C#CCN(CCC)c1ncc(I)cn1. The zero-order valence-electron chi connectivity index (χ0n) is 8.07. The summed E-state index contributed by atoms with van der Waals surface area (Å²) < 4.78 is 1.03. The lowest BCUT2D eigenvalue weighted by molar-refractivity contribution is 0.790. The molecule has 1 aromatic heterocycles. The maximum Gasteiger partial charge on any atom is 0.226 e. The molecule has 0 aliphatic heterocycles. The summed E-state index contributed by atoms with van der Waals surface area (Å²) in [6.07, 6.45) is 9.90. The summed E-state index contributed by atoms with van der Waals surface area (Å²) >= 11 is 2.18. The lowest BCUT2D eigenvalue weighted by Crippen LogP contribution is -2.26. The molecule has 0 fully saturated rings. The van der Waals surface area contributed by atoms with Crippen molar-refractivity contribution in [3.8, 4) is 12.3 Å². The van der Waals surface area contributed by atoms with E-state index in [1.165, 1.54) is 0 Å². The Balaban J connectivity index is 2.77. The normalized spacial score (nSPS) is 9.50. The van der Waals surface area contributed by atoms with Gasteiger partial charge in [0.2, 0.25) is 5.95 Å². The molecule has 14 heavy (non-hydrogen) atoms. The topological polar surface area (TPSA) is 29.0 Å². The van der Waals surface area contributed by atoms with E-state index in [2.05, 4.69) is 45.4 Å². The van der Waals surface area contributed by atoms with Gasteiger partial charge in [0.15, 0.2) is 0 Å². The number of hydrogen-bond acceptors (Lipinski definition) is 3. The van der Waals surface area contributed by atoms with Crippen molar-refractivity contribution in [3.05, 3.63) is 16.0 Å². The fourth-order valence-electron chi connectivity index (χ4n) is 1.10. The molecule has 0 aromatic carbocycles. The molecule has 0 N–H and O–H groups in total. The highest BCUT2D eigenvalue weighted by Gasteiger charge is 2.05. The molecule has 3 nitrogen and oxygen atoms in total. The van der Waals surface area contributed by atoms with E-state index < -0.39 is 0 Å². The third-order valence-corrected chi connectivity index (χ3v) is 2.22. The van der Waals surface area contributed by atoms with Crippen molar-refractivity contribution in [2.75, 3.05) is 18.0 Å². The molecule has 0 bridgehead atoms. The molecule has 74 valence electrons. The minimum Gasteiger partial charge on any atom is -0.330 e. The Hall–Kier alpha value is -0.830. The number of rotatable bonds is 4.